The number of halogens is 1. The van der Waals surface area contributed by atoms with E-state index in [1.807, 2.05) is 12.1 Å². The molecule has 0 atom stereocenters. The van der Waals surface area contributed by atoms with Crippen LogP contribution >= 0.6 is 24.0 Å². The SMILES string of the molecule is CCNC(=NCCCCN1CCN(C)CC1)NCCc1ccc(OC)cc1.I. The number of piperazine rings is 1. The molecule has 2 rings (SSSR count). The maximum Gasteiger partial charge on any atom is 0.191 e. The molecule has 1 aliphatic rings. The zero-order valence-corrected chi connectivity index (χ0v) is 20.1. The van der Waals surface area contributed by atoms with Crippen molar-refractivity contribution in [3.63, 3.8) is 0 Å². The second-order valence-corrected chi connectivity index (χ2v) is 7.14. The van der Waals surface area contributed by atoms with Gasteiger partial charge in [-0.1, -0.05) is 12.1 Å². The average molecular weight is 503 g/mol. The molecule has 0 saturated carbocycles. The lowest BCUT2D eigenvalue weighted by Crippen LogP contribution is -2.44. The summed E-state index contributed by atoms with van der Waals surface area (Å²) < 4.78 is 5.20. The highest BCUT2D eigenvalue weighted by molar-refractivity contribution is 14.0. The topological polar surface area (TPSA) is 52.1 Å². The van der Waals surface area contributed by atoms with Gasteiger partial charge in [0.05, 0.1) is 7.11 Å². The third-order valence-corrected chi connectivity index (χ3v) is 4.96. The number of nitrogens with one attached hydrogen (secondary N) is 2. The minimum atomic E-state index is 0. The predicted octanol–water partition coefficient (Wildman–Crippen LogP) is 2.44. The van der Waals surface area contributed by atoms with Gasteiger partial charge in [-0.15, -0.1) is 24.0 Å². The van der Waals surface area contributed by atoms with E-state index in [0.717, 1.165) is 44.2 Å². The number of likely N-dealkylation sites (N-methyl/N-ethyl adjacent to an activating group) is 1. The summed E-state index contributed by atoms with van der Waals surface area (Å²) in [5, 5.41) is 6.77. The van der Waals surface area contributed by atoms with Crippen LogP contribution in [0.1, 0.15) is 25.3 Å². The smallest absolute Gasteiger partial charge is 0.191 e. The van der Waals surface area contributed by atoms with Crippen molar-refractivity contribution in [2.24, 2.45) is 4.99 Å². The van der Waals surface area contributed by atoms with Crippen molar-refractivity contribution >= 4 is 29.9 Å². The molecule has 0 unspecified atom stereocenters. The quantitative estimate of drug-likeness (QED) is 0.223. The highest BCUT2D eigenvalue weighted by Gasteiger charge is 2.12. The molecule has 7 heteroatoms. The number of methoxy groups -OCH3 is 1. The first-order valence-corrected chi connectivity index (χ1v) is 10.3. The molecule has 1 fully saturated rings. The number of hydrogen-bond acceptors (Lipinski definition) is 4. The minimum Gasteiger partial charge on any atom is -0.497 e. The third kappa shape index (κ3) is 9.93. The highest BCUT2D eigenvalue weighted by Crippen LogP contribution is 2.11. The molecule has 0 aliphatic carbocycles. The van der Waals surface area contributed by atoms with E-state index in [4.69, 9.17) is 9.73 Å². The molecule has 28 heavy (non-hydrogen) atoms. The Labute approximate surface area is 188 Å². The van der Waals surface area contributed by atoms with Gasteiger partial charge in [-0.05, 0) is 57.5 Å². The van der Waals surface area contributed by atoms with Crippen molar-refractivity contribution in [2.75, 3.05) is 66.5 Å². The standard InChI is InChI=1S/C21H37N5O.HI/c1-4-22-21(24-13-11-19-7-9-20(27-3)10-8-19)23-12-5-6-14-26-17-15-25(2)16-18-26;/h7-10H,4-6,11-18H2,1-3H3,(H2,22,23,24);1H. The number of rotatable bonds is 10. The molecule has 1 aliphatic heterocycles. The van der Waals surface area contributed by atoms with Crippen molar-refractivity contribution < 1.29 is 4.74 Å². The molecule has 0 spiro atoms. The average Bonchev–Trinajstić information content (AvgIpc) is 2.69. The largest absolute Gasteiger partial charge is 0.497 e. The van der Waals surface area contributed by atoms with E-state index in [1.54, 1.807) is 7.11 Å². The molecule has 160 valence electrons. The van der Waals surface area contributed by atoms with Crippen molar-refractivity contribution in [3.05, 3.63) is 29.8 Å². The lowest BCUT2D eigenvalue weighted by atomic mass is 10.1. The zero-order chi connectivity index (χ0) is 19.3. The Morgan fingerprint density at radius 2 is 1.79 bits per heavy atom. The van der Waals surface area contributed by atoms with Crippen molar-refractivity contribution in [1.29, 1.82) is 0 Å². The van der Waals surface area contributed by atoms with Gasteiger partial charge >= 0.3 is 0 Å². The van der Waals surface area contributed by atoms with Crippen LogP contribution < -0.4 is 15.4 Å². The van der Waals surface area contributed by atoms with E-state index in [0.29, 0.717) is 0 Å². The van der Waals surface area contributed by atoms with Crippen LogP contribution in [0.2, 0.25) is 0 Å². The number of benzene rings is 1. The van der Waals surface area contributed by atoms with Crippen LogP contribution in [0.15, 0.2) is 29.3 Å². The maximum atomic E-state index is 5.20. The second kappa shape index (κ2) is 14.9. The Hall–Kier alpha value is -1.06. The van der Waals surface area contributed by atoms with Crippen LogP contribution in [0.25, 0.3) is 0 Å². The zero-order valence-electron chi connectivity index (χ0n) is 17.7. The lowest BCUT2D eigenvalue weighted by molar-refractivity contribution is 0.152. The predicted molar refractivity (Wildman–Crippen MR) is 129 cm³/mol. The van der Waals surface area contributed by atoms with Gasteiger partial charge in [0.2, 0.25) is 0 Å². The van der Waals surface area contributed by atoms with Crippen LogP contribution in [-0.2, 0) is 6.42 Å². The van der Waals surface area contributed by atoms with Gasteiger partial charge in [0, 0.05) is 45.8 Å². The summed E-state index contributed by atoms with van der Waals surface area (Å²) in [6.07, 6.45) is 3.33. The summed E-state index contributed by atoms with van der Waals surface area (Å²) in [6.45, 7) is 10.7. The molecule has 1 heterocycles. The van der Waals surface area contributed by atoms with Gasteiger partial charge in [-0.25, -0.2) is 0 Å². The van der Waals surface area contributed by atoms with Gasteiger partial charge in [0.1, 0.15) is 5.75 Å². The van der Waals surface area contributed by atoms with E-state index in [9.17, 15) is 0 Å². The van der Waals surface area contributed by atoms with Gasteiger partial charge < -0.3 is 25.2 Å². The fourth-order valence-electron chi connectivity index (χ4n) is 3.17. The lowest BCUT2D eigenvalue weighted by Gasteiger charge is -2.32. The van der Waals surface area contributed by atoms with Crippen LogP contribution in [0.3, 0.4) is 0 Å². The van der Waals surface area contributed by atoms with Crippen molar-refractivity contribution in [1.82, 2.24) is 20.4 Å². The number of unbranched alkanes of at least 4 members (excludes halogenated alkanes) is 1. The Bertz CT molecular complexity index is 544. The highest BCUT2D eigenvalue weighted by atomic mass is 127. The summed E-state index contributed by atoms with van der Waals surface area (Å²) in [5.41, 5.74) is 1.30. The normalized spacial score (nSPS) is 15.8. The first-order valence-electron chi connectivity index (χ1n) is 10.3. The summed E-state index contributed by atoms with van der Waals surface area (Å²) in [4.78, 5) is 9.69. The van der Waals surface area contributed by atoms with Crippen LogP contribution in [-0.4, -0.2) is 82.3 Å². The molecular formula is C21H38IN5O. The Morgan fingerprint density at radius 1 is 1.07 bits per heavy atom. The summed E-state index contributed by atoms with van der Waals surface area (Å²) in [7, 11) is 3.90. The molecule has 0 radical (unpaired) electrons. The first kappa shape index (κ1) is 25.0. The van der Waals surface area contributed by atoms with Crippen molar-refractivity contribution in [2.45, 2.75) is 26.2 Å². The van der Waals surface area contributed by atoms with E-state index in [-0.39, 0.29) is 24.0 Å². The van der Waals surface area contributed by atoms with E-state index in [1.165, 1.54) is 44.7 Å². The summed E-state index contributed by atoms with van der Waals surface area (Å²) >= 11 is 0. The minimum absolute atomic E-state index is 0. The van der Waals surface area contributed by atoms with Crippen LogP contribution in [0.5, 0.6) is 5.75 Å². The molecule has 1 aromatic carbocycles. The fraction of sp³-hybridized carbons (Fsp3) is 0.667. The summed E-state index contributed by atoms with van der Waals surface area (Å²) in [6, 6.07) is 8.25. The second-order valence-electron chi connectivity index (χ2n) is 7.14. The van der Waals surface area contributed by atoms with E-state index < -0.39 is 0 Å². The van der Waals surface area contributed by atoms with Gasteiger partial charge in [0.15, 0.2) is 5.96 Å². The van der Waals surface area contributed by atoms with E-state index in [2.05, 4.69) is 46.5 Å². The Kier molecular flexibility index (Phi) is 13.3. The van der Waals surface area contributed by atoms with Crippen molar-refractivity contribution in [3.8, 4) is 5.75 Å². The molecule has 0 aromatic heterocycles. The summed E-state index contributed by atoms with van der Waals surface area (Å²) in [5.74, 6) is 1.82. The molecule has 0 bridgehead atoms. The fourth-order valence-corrected chi connectivity index (χ4v) is 3.17. The van der Waals surface area contributed by atoms with Gasteiger partial charge in [-0.2, -0.15) is 0 Å². The Balaban J connectivity index is 0.00000392. The molecule has 1 saturated heterocycles. The number of aliphatic imine (C=N–C) groups is 1. The number of hydrogen-bond donors (Lipinski definition) is 2. The Morgan fingerprint density at radius 3 is 2.43 bits per heavy atom. The van der Waals surface area contributed by atoms with Crippen LogP contribution in [0.4, 0.5) is 0 Å². The van der Waals surface area contributed by atoms with E-state index >= 15 is 0 Å². The monoisotopic (exact) mass is 503 g/mol. The van der Waals surface area contributed by atoms with Gasteiger partial charge in [-0.3, -0.25) is 4.99 Å². The molecule has 1 aromatic rings. The third-order valence-electron chi connectivity index (χ3n) is 4.96. The molecule has 6 nitrogen and oxygen atoms in total. The maximum absolute atomic E-state index is 5.20. The van der Waals surface area contributed by atoms with Gasteiger partial charge in [0.25, 0.3) is 0 Å². The number of ether oxygens (including phenoxy) is 1. The van der Waals surface area contributed by atoms with Crippen LogP contribution in [0, 0.1) is 0 Å². The molecular weight excluding hydrogens is 465 g/mol. The number of nitrogens with zero attached hydrogens (tertiary/aromatic N) is 3. The first-order chi connectivity index (χ1) is 13.2. The molecule has 0 amide bonds. The number of guanidine groups is 1. The molecule has 2 N–H and O–H groups in total.